The number of hydrogen-bond donors (Lipinski definition) is 3. The number of anilines is 3. The normalized spacial score (nSPS) is 12.4. The Morgan fingerprint density at radius 2 is 2.09 bits per heavy atom. The number of nitriles is 1. The van der Waals surface area contributed by atoms with Crippen LogP contribution in [0.5, 0.6) is 0 Å². The number of aromatic amines is 1. The quantitative estimate of drug-likeness (QED) is 0.421. The Labute approximate surface area is 181 Å². The van der Waals surface area contributed by atoms with Crippen LogP contribution >= 0.6 is 0 Å². The van der Waals surface area contributed by atoms with Crippen LogP contribution in [0.4, 0.5) is 22.0 Å². The molecule has 3 N–H and O–H groups in total. The first kappa shape index (κ1) is 19.2. The molecule has 0 fully saturated rings. The number of nitrogens with one attached hydrogen (secondary N) is 3. The second kappa shape index (κ2) is 7.48. The molecule has 10 heteroatoms. The topological polar surface area (TPSA) is 134 Å². The van der Waals surface area contributed by atoms with Gasteiger partial charge in [0, 0.05) is 23.0 Å². The van der Waals surface area contributed by atoms with E-state index in [2.05, 4.69) is 26.8 Å². The van der Waals surface area contributed by atoms with Crippen LogP contribution in [0.2, 0.25) is 0 Å². The molecule has 1 aliphatic heterocycles. The predicted molar refractivity (Wildman–Crippen MR) is 115 cm³/mol. The van der Waals surface area contributed by atoms with Crippen LogP contribution in [0, 0.1) is 11.3 Å². The van der Waals surface area contributed by atoms with Gasteiger partial charge in [-0.2, -0.15) is 5.26 Å². The molecule has 4 aromatic rings. The number of carbonyl (C=O) groups is 2. The fourth-order valence-corrected chi connectivity index (χ4v) is 3.52. The number of H-pyrrole nitrogens is 1. The summed E-state index contributed by atoms with van der Waals surface area (Å²) in [6.07, 6.45) is 1.06. The van der Waals surface area contributed by atoms with E-state index in [0.717, 1.165) is 11.1 Å². The van der Waals surface area contributed by atoms with Crippen LogP contribution in [0.1, 0.15) is 21.5 Å². The summed E-state index contributed by atoms with van der Waals surface area (Å²) in [5.74, 6) is 0.165. The number of benzene rings is 2. The van der Waals surface area contributed by atoms with Gasteiger partial charge in [-0.25, -0.2) is 19.1 Å². The van der Waals surface area contributed by atoms with Crippen molar-refractivity contribution in [1.29, 1.82) is 5.26 Å². The smallest absolute Gasteiger partial charge is 0.411 e. The molecule has 3 heterocycles. The van der Waals surface area contributed by atoms with Gasteiger partial charge >= 0.3 is 12.1 Å². The minimum atomic E-state index is -0.512. The van der Waals surface area contributed by atoms with E-state index in [4.69, 9.17) is 9.47 Å². The standard InChI is InChI=1S/C22H16N6O4/c1-31-21(29)12-4-6-16(7-5-12)25-20-18(27-19-15(9-23)10-24-28(19)20)13-2-3-14-11-32-22(30)26-17(14)8-13/h2-8,10,24-25H,11H2,1H3,(H,26,30). The van der Waals surface area contributed by atoms with E-state index in [1.54, 1.807) is 35.0 Å². The van der Waals surface area contributed by atoms with Gasteiger partial charge < -0.3 is 14.8 Å². The minimum Gasteiger partial charge on any atom is -0.465 e. The number of methoxy groups -OCH3 is 1. The zero-order chi connectivity index (χ0) is 22.2. The lowest BCUT2D eigenvalue weighted by Gasteiger charge is -2.18. The van der Waals surface area contributed by atoms with Crippen LogP contribution in [0.15, 0.2) is 48.7 Å². The van der Waals surface area contributed by atoms with Crippen molar-refractivity contribution in [3.8, 4) is 17.3 Å². The molecule has 158 valence electrons. The first-order chi connectivity index (χ1) is 15.6. The molecule has 32 heavy (non-hydrogen) atoms. The average molecular weight is 428 g/mol. The van der Waals surface area contributed by atoms with E-state index >= 15 is 0 Å². The van der Waals surface area contributed by atoms with Gasteiger partial charge in [-0.05, 0) is 30.3 Å². The van der Waals surface area contributed by atoms with Crippen LogP contribution < -0.4 is 10.6 Å². The highest BCUT2D eigenvalue weighted by atomic mass is 16.5. The predicted octanol–water partition coefficient (Wildman–Crippen LogP) is 3.79. The van der Waals surface area contributed by atoms with Crippen LogP contribution in [-0.2, 0) is 16.1 Å². The van der Waals surface area contributed by atoms with Gasteiger partial charge in [0.05, 0.1) is 18.4 Å². The lowest BCUT2D eigenvalue weighted by molar-refractivity contribution is 0.0600. The summed E-state index contributed by atoms with van der Waals surface area (Å²) in [6.45, 7) is 0.196. The van der Waals surface area contributed by atoms with E-state index in [1.807, 2.05) is 18.2 Å². The summed E-state index contributed by atoms with van der Waals surface area (Å²) >= 11 is 0. The zero-order valence-electron chi connectivity index (χ0n) is 16.8. The fraction of sp³-hybridized carbons (Fsp3) is 0.0909. The van der Waals surface area contributed by atoms with Crippen molar-refractivity contribution in [2.45, 2.75) is 6.61 Å². The number of hydrogen-bond acceptors (Lipinski definition) is 7. The van der Waals surface area contributed by atoms with Gasteiger partial charge in [0.2, 0.25) is 0 Å². The number of rotatable bonds is 4. The SMILES string of the molecule is COC(=O)c1ccc(Nc2c(-c3ccc4c(c3)NC(=O)OC4)nc3c(C#N)c[nH]n23)cc1. The molecule has 0 aliphatic carbocycles. The van der Waals surface area contributed by atoms with Crippen molar-refractivity contribution in [2.24, 2.45) is 0 Å². The Bertz CT molecular complexity index is 1410. The third-order valence-electron chi connectivity index (χ3n) is 5.12. The molecule has 10 nitrogen and oxygen atoms in total. The van der Waals surface area contributed by atoms with Gasteiger partial charge in [0.1, 0.15) is 23.9 Å². The summed E-state index contributed by atoms with van der Waals surface area (Å²) < 4.78 is 11.4. The van der Waals surface area contributed by atoms with Crippen molar-refractivity contribution in [2.75, 3.05) is 17.7 Å². The molecule has 0 bridgehead atoms. The minimum absolute atomic E-state index is 0.196. The van der Waals surface area contributed by atoms with E-state index < -0.39 is 12.1 Å². The lowest BCUT2D eigenvalue weighted by Crippen LogP contribution is -2.20. The Balaban J connectivity index is 1.59. The van der Waals surface area contributed by atoms with Gasteiger partial charge in [0.15, 0.2) is 11.5 Å². The number of esters is 1. The molecule has 0 radical (unpaired) electrons. The molecule has 0 saturated carbocycles. The molecule has 0 atom stereocenters. The van der Waals surface area contributed by atoms with Crippen molar-refractivity contribution in [3.63, 3.8) is 0 Å². The third-order valence-corrected chi connectivity index (χ3v) is 5.12. The number of ether oxygens (including phenoxy) is 2. The van der Waals surface area contributed by atoms with Gasteiger partial charge in [-0.15, -0.1) is 0 Å². The summed E-state index contributed by atoms with van der Waals surface area (Å²) in [5.41, 5.74) is 4.79. The Hall–Kier alpha value is -4.78. The molecule has 0 spiro atoms. The maximum Gasteiger partial charge on any atom is 0.411 e. The van der Waals surface area contributed by atoms with Crippen LogP contribution in [-0.4, -0.2) is 33.8 Å². The fourth-order valence-electron chi connectivity index (χ4n) is 3.52. The number of nitrogens with zero attached hydrogens (tertiary/aromatic N) is 3. The highest BCUT2D eigenvalue weighted by molar-refractivity contribution is 5.91. The second-order valence-corrected chi connectivity index (χ2v) is 7.03. The molecule has 5 rings (SSSR count). The largest absolute Gasteiger partial charge is 0.465 e. The van der Waals surface area contributed by atoms with E-state index in [-0.39, 0.29) is 6.61 Å². The zero-order valence-corrected chi connectivity index (χ0v) is 16.8. The molecular formula is C22H16N6O4. The number of aromatic nitrogens is 3. The molecule has 0 saturated heterocycles. The van der Waals surface area contributed by atoms with Gasteiger partial charge in [-0.1, -0.05) is 12.1 Å². The lowest BCUT2D eigenvalue weighted by atomic mass is 10.1. The van der Waals surface area contributed by atoms with Crippen molar-refractivity contribution in [3.05, 3.63) is 65.4 Å². The van der Waals surface area contributed by atoms with Gasteiger partial charge in [0.25, 0.3) is 0 Å². The number of carbonyl (C=O) groups excluding carboxylic acids is 2. The van der Waals surface area contributed by atoms with Crippen LogP contribution in [0.25, 0.3) is 16.9 Å². The van der Waals surface area contributed by atoms with E-state index in [0.29, 0.717) is 39.7 Å². The maximum atomic E-state index is 11.7. The molecule has 2 aromatic heterocycles. The molecule has 1 aliphatic rings. The van der Waals surface area contributed by atoms with E-state index in [1.165, 1.54) is 7.11 Å². The molecule has 0 unspecified atom stereocenters. The Morgan fingerprint density at radius 3 is 2.84 bits per heavy atom. The van der Waals surface area contributed by atoms with Crippen molar-refractivity contribution >= 4 is 34.9 Å². The highest BCUT2D eigenvalue weighted by Crippen LogP contribution is 2.35. The maximum absolute atomic E-state index is 11.7. The van der Waals surface area contributed by atoms with E-state index in [9.17, 15) is 14.9 Å². The van der Waals surface area contributed by atoms with Crippen LogP contribution in [0.3, 0.4) is 0 Å². The third kappa shape index (κ3) is 3.18. The molecule has 1 amide bonds. The summed E-state index contributed by atoms with van der Waals surface area (Å²) in [7, 11) is 1.33. The summed E-state index contributed by atoms with van der Waals surface area (Å²) in [4.78, 5) is 28.0. The average Bonchev–Trinajstić information content (AvgIpc) is 3.38. The number of fused-ring (bicyclic) bond motifs is 2. The molecular weight excluding hydrogens is 412 g/mol. The summed E-state index contributed by atoms with van der Waals surface area (Å²) in [6, 6.07) is 14.5. The van der Waals surface area contributed by atoms with Gasteiger partial charge in [-0.3, -0.25) is 10.4 Å². The Kier molecular flexibility index (Phi) is 4.49. The first-order valence-corrected chi connectivity index (χ1v) is 9.60. The first-order valence-electron chi connectivity index (χ1n) is 9.60. The van der Waals surface area contributed by atoms with Crippen molar-refractivity contribution in [1.82, 2.24) is 14.6 Å². The number of amides is 1. The van der Waals surface area contributed by atoms with Crippen molar-refractivity contribution < 1.29 is 19.1 Å². The second-order valence-electron chi connectivity index (χ2n) is 7.03. The Morgan fingerprint density at radius 1 is 1.28 bits per heavy atom. The highest BCUT2D eigenvalue weighted by Gasteiger charge is 2.21. The number of imidazole rings is 1. The summed E-state index contributed by atoms with van der Waals surface area (Å²) in [5, 5.41) is 18.5. The number of cyclic esters (lactones) is 1. The molecule has 2 aromatic carbocycles. The monoisotopic (exact) mass is 428 g/mol.